The second-order valence-electron chi connectivity index (χ2n) is 21.6. The Labute approximate surface area is 453 Å². The molecule has 4 amide bonds. The van der Waals surface area contributed by atoms with Crippen molar-refractivity contribution in [2.24, 2.45) is 11.8 Å². The van der Waals surface area contributed by atoms with Crippen LogP contribution in [0, 0.1) is 11.8 Å². The highest BCUT2D eigenvalue weighted by molar-refractivity contribution is 9.11. The zero-order chi connectivity index (χ0) is 50.4. The van der Waals surface area contributed by atoms with Gasteiger partial charge in [0.1, 0.15) is 0 Å². The van der Waals surface area contributed by atoms with E-state index in [9.17, 15) is 19.2 Å². The second-order valence-corrected chi connectivity index (χ2v) is 26.2. The smallest absolute Gasteiger partial charge is 0.263 e. The lowest BCUT2D eigenvalue weighted by molar-refractivity contribution is 0.0606. The van der Waals surface area contributed by atoms with Gasteiger partial charge in [0.05, 0.1) is 39.6 Å². The van der Waals surface area contributed by atoms with Gasteiger partial charge in [-0.1, -0.05) is 259 Å². The van der Waals surface area contributed by atoms with Crippen molar-refractivity contribution < 1.29 is 19.2 Å². The molecule has 2 aliphatic heterocycles. The van der Waals surface area contributed by atoms with Crippen LogP contribution in [0.2, 0.25) is 0 Å². The van der Waals surface area contributed by atoms with Gasteiger partial charge in [0.15, 0.2) is 0 Å². The van der Waals surface area contributed by atoms with E-state index in [-0.39, 0.29) is 35.5 Å². The van der Waals surface area contributed by atoms with Crippen LogP contribution in [0.3, 0.4) is 0 Å². The molecule has 2 atom stereocenters. The lowest BCUT2D eigenvalue weighted by atomic mass is 9.93. The van der Waals surface area contributed by atoms with Gasteiger partial charge in [-0.25, -0.2) is 0 Å². The number of hydrogen-bond acceptors (Lipinski definition) is 6. The van der Waals surface area contributed by atoms with Crippen LogP contribution < -0.4 is 0 Å². The Hall–Kier alpha value is -1.36. The molecule has 0 fully saturated rings. The van der Waals surface area contributed by atoms with E-state index >= 15 is 0 Å². The average Bonchev–Trinajstić information content (AvgIpc) is 4.03. The van der Waals surface area contributed by atoms with Crippen molar-refractivity contribution in [3.8, 4) is 9.75 Å². The van der Waals surface area contributed by atoms with Crippen molar-refractivity contribution in [2.75, 3.05) is 13.1 Å². The highest BCUT2D eigenvalue weighted by Crippen LogP contribution is 2.52. The summed E-state index contributed by atoms with van der Waals surface area (Å²) in [4.78, 5) is 62.2. The SMILES string of the molecule is CCCCCCCCCCCCC(CCCCCCCCCC)CN1C(=O)c2c(Br)sc(-c3sc(Br)c4c3C(=O)N(CC(CCCCCCCCCC)CCCCCCCCCCCC)C4=O)c2C1=O. The summed E-state index contributed by atoms with van der Waals surface area (Å²) in [7, 11) is 0. The number of unbranched alkanes of at least 4 members (excludes halogenated alkanes) is 32. The van der Waals surface area contributed by atoms with Crippen LogP contribution in [0.25, 0.3) is 9.75 Å². The number of rotatable bonds is 45. The molecule has 0 bridgehead atoms. The Bertz CT molecular complexity index is 1680. The molecule has 0 spiro atoms. The van der Waals surface area contributed by atoms with Crippen molar-refractivity contribution >= 4 is 78.2 Å². The molecule has 2 aromatic rings. The van der Waals surface area contributed by atoms with Gasteiger partial charge in [0, 0.05) is 13.1 Å². The summed E-state index contributed by atoms with van der Waals surface area (Å²) >= 11 is 10.1. The van der Waals surface area contributed by atoms with E-state index in [4.69, 9.17) is 0 Å². The zero-order valence-electron chi connectivity index (χ0n) is 45.0. The van der Waals surface area contributed by atoms with Crippen molar-refractivity contribution in [1.29, 1.82) is 0 Å². The number of imide groups is 2. The molecule has 2 unspecified atom stereocenters. The topological polar surface area (TPSA) is 74.8 Å². The summed E-state index contributed by atoms with van der Waals surface area (Å²) in [6.07, 6.45) is 50.1. The number of carbonyl (C=O) groups excluding carboxylic acids is 4. The van der Waals surface area contributed by atoms with Gasteiger partial charge < -0.3 is 0 Å². The fourth-order valence-electron chi connectivity index (χ4n) is 11.1. The summed E-state index contributed by atoms with van der Waals surface area (Å²) in [5, 5.41) is 0. The molecular weight excluding hydrogens is 1040 g/mol. The van der Waals surface area contributed by atoms with Crippen LogP contribution in [-0.2, 0) is 0 Å². The molecule has 2 aromatic heterocycles. The van der Waals surface area contributed by atoms with Gasteiger partial charge in [0.25, 0.3) is 23.6 Å². The van der Waals surface area contributed by atoms with E-state index in [1.54, 1.807) is 0 Å². The van der Waals surface area contributed by atoms with Crippen molar-refractivity contribution in [3.05, 3.63) is 29.8 Å². The maximum absolute atomic E-state index is 14.6. The summed E-state index contributed by atoms with van der Waals surface area (Å²) in [6.45, 7) is 9.95. The van der Waals surface area contributed by atoms with Crippen LogP contribution >= 0.6 is 54.5 Å². The molecule has 0 aromatic carbocycles. The predicted octanol–water partition coefficient (Wildman–Crippen LogP) is 21.1. The first-order valence-corrected chi connectivity index (χ1v) is 32.8. The lowest BCUT2D eigenvalue weighted by Gasteiger charge is -2.23. The average molecular weight is 1140 g/mol. The molecule has 0 N–H and O–H groups in total. The highest BCUT2D eigenvalue weighted by Gasteiger charge is 2.47. The molecule has 0 radical (unpaired) electrons. The van der Waals surface area contributed by atoms with Crippen LogP contribution in [0.15, 0.2) is 7.57 Å². The third kappa shape index (κ3) is 20.4. The number of carbonyl (C=O) groups is 4. The Morgan fingerprint density at radius 3 is 0.743 bits per heavy atom. The summed E-state index contributed by atoms with van der Waals surface area (Å²) in [5.41, 5.74) is 1.64. The quantitative estimate of drug-likeness (QED) is 0.0489. The van der Waals surface area contributed by atoms with Crippen LogP contribution in [0.1, 0.15) is 326 Å². The first-order valence-electron chi connectivity index (χ1n) is 29.6. The third-order valence-electron chi connectivity index (χ3n) is 15.5. The van der Waals surface area contributed by atoms with E-state index in [1.165, 1.54) is 238 Å². The van der Waals surface area contributed by atoms with E-state index in [2.05, 4.69) is 59.6 Å². The minimum atomic E-state index is -0.255. The molecule has 0 saturated carbocycles. The monoisotopic (exact) mass is 1130 g/mol. The number of thiophene rings is 2. The summed E-state index contributed by atoms with van der Waals surface area (Å²) < 4.78 is 1.25. The Kier molecular flexibility index (Phi) is 32.0. The van der Waals surface area contributed by atoms with Gasteiger partial charge >= 0.3 is 0 Å². The number of nitrogens with zero attached hydrogens (tertiary/aromatic N) is 2. The molecule has 4 rings (SSSR count). The van der Waals surface area contributed by atoms with E-state index in [1.807, 2.05) is 0 Å². The Balaban J connectivity index is 1.43. The Morgan fingerprint density at radius 2 is 0.514 bits per heavy atom. The highest BCUT2D eigenvalue weighted by atomic mass is 79.9. The lowest BCUT2D eigenvalue weighted by Crippen LogP contribution is -2.35. The molecule has 10 heteroatoms. The summed E-state index contributed by atoms with van der Waals surface area (Å²) in [6, 6.07) is 0. The Morgan fingerprint density at radius 1 is 0.314 bits per heavy atom. The molecule has 4 heterocycles. The van der Waals surface area contributed by atoms with Crippen LogP contribution in [-0.4, -0.2) is 46.5 Å². The predicted molar refractivity (Wildman–Crippen MR) is 308 cm³/mol. The first-order chi connectivity index (χ1) is 34.2. The van der Waals surface area contributed by atoms with Crippen molar-refractivity contribution in [2.45, 2.75) is 285 Å². The first kappa shape index (κ1) is 61.2. The number of hydrogen-bond donors (Lipinski definition) is 0. The van der Waals surface area contributed by atoms with E-state index < -0.39 is 0 Å². The van der Waals surface area contributed by atoms with Crippen LogP contribution in [0.4, 0.5) is 0 Å². The molecule has 2 aliphatic rings. The molecule has 70 heavy (non-hydrogen) atoms. The maximum Gasteiger partial charge on any atom is 0.263 e. The fourth-order valence-corrected chi connectivity index (χ4v) is 15.0. The van der Waals surface area contributed by atoms with Crippen LogP contribution in [0.5, 0.6) is 0 Å². The van der Waals surface area contributed by atoms with Gasteiger partial charge in [-0.3, -0.25) is 29.0 Å². The standard InChI is InChI=1S/C60H98Br2N2O4S2/c1-5-9-13-17-21-25-27-31-35-39-43-47(41-37-33-29-23-19-15-11-7-3)45-63-57(65)49-51(59(63)67)55(61)69-53(49)54-50-52(56(62)70-54)60(68)64(58(50)66)46-48(42-38-34-30-24-20-16-12-8-4)44-40-36-32-28-26-22-18-14-10-6-2/h47-48H,5-46H2,1-4H3. The van der Waals surface area contributed by atoms with Gasteiger partial charge in [0.2, 0.25) is 0 Å². The largest absolute Gasteiger partial charge is 0.274 e. The minimum absolute atomic E-state index is 0.231. The molecule has 0 aliphatic carbocycles. The van der Waals surface area contributed by atoms with Gasteiger partial charge in [-0.05, 0) is 69.4 Å². The second kappa shape index (κ2) is 36.6. The molecule has 398 valence electrons. The number of amides is 4. The molecule has 6 nitrogen and oxygen atoms in total. The number of halogens is 2. The summed E-state index contributed by atoms with van der Waals surface area (Å²) in [5.74, 6) is -0.437. The number of fused-ring (bicyclic) bond motifs is 2. The fraction of sp³-hybridized carbons (Fsp3) is 0.800. The van der Waals surface area contributed by atoms with Gasteiger partial charge in [-0.2, -0.15) is 0 Å². The zero-order valence-corrected chi connectivity index (χ0v) is 49.8. The van der Waals surface area contributed by atoms with E-state index in [0.717, 1.165) is 51.4 Å². The van der Waals surface area contributed by atoms with Crippen molar-refractivity contribution in [1.82, 2.24) is 9.80 Å². The molecular formula is C60H98Br2N2O4S2. The van der Waals surface area contributed by atoms with Crippen molar-refractivity contribution in [3.63, 3.8) is 0 Å². The third-order valence-corrected chi connectivity index (χ3v) is 19.4. The maximum atomic E-state index is 14.6. The van der Waals surface area contributed by atoms with E-state index in [0.29, 0.717) is 52.7 Å². The normalized spacial score (nSPS) is 14.5. The molecule has 0 saturated heterocycles. The van der Waals surface area contributed by atoms with Gasteiger partial charge in [-0.15, -0.1) is 22.7 Å². The minimum Gasteiger partial charge on any atom is -0.274 e.